The fraction of sp³-hybridized carbons (Fsp3) is 0.333. The summed E-state index contributed by atoms with van der Waals surface area (Å²) in [5.74, 6) is 0.328. The molecule has 0 aliphatic carbocycles. The lowest BCUT2D eigenvalue weighted by atomic mass is 10.1. The second-order valence-electron chi connectivity index (χ2n) is 6.95. The number of nitrogen functional groups attached to an aromatic ring is 1. The zero-order chi connectivity index (χ0) is 19.5. The first kappa shape index (κ1) is 18.6. The van der Waals surface area contributed by atoms with Gasteiger partial charge in [-0.2, -0.15) is 14.6 Å². The van der Waals surface area contributed by atoms with Gasteiger partial charge in [-0.15, -0.1) is 0 Å². The van der Waals surface area contributed by atoms with Gasteiger partial charge in [-0.1, -0.05) is 62.1 Å². The number of benzene rings is 1. The molecule has 3 aromatic rings. The number of nitrogens with two attached hydrogens (primary N) is 1. The number of rotatable bonds is 7. The van der Waals surface area contributed by atoms with Crippen molar-refractivity contribution in [2.24, 2.45) is 4.99 Å². The minimum atomic E-state index is -0.332. The van der Waals surface area contributed by atoms with Crippen LogP contribution in [0.4, 0.5) is 11.5 Å². The van der Waals surface area contributed by atoms with Crippen LogP contribution in [0.15, 0.2) is 34.1 Å². The van der Waals surface area contributed by atoms with Crippen LogP contribution < -0.4 is 11.3 Å². The molecular weight excluding hydrogens is 370 g/mol. The smallest absolute Gasteiger partial charge is 0.283 e. The van der Waals surface area contributed by atoms with E-state index in [9.17, 15) is 4.79 Å². The zero-order valence-corrected chi connectivity index (χ0v) is 16.7. The van der Waals surface area contributed by atoms with Crippen LogP contribution in [-0.4, -0.2) is 20.8 Å². The summed E-state index contributed by atoms with van der Waals surface area (Å²) in [6.07, 6.45) is 10.4. The van der Waals surface area contributed by atoms with Crippen LogP contribution in [0.2, 0.25) is 0 Å². The molecule has 0 unspecified atom stereocenters. The van der Waals surface area contributed by atoms with Gasteiger partial charge < -0.3 is 5.73 Å². The van der Waals surface area contributed by atoms with Crippen molar-refractivity contribution in [1.82, 2.24) is 14.6 Å². The van der Waals surface area contributed by atoms with E-state index in [4.69, 9.17) is 5.73 Å². The fourth-order valence-corrected chi connectivity index (χ4v) is 4.28. The third-order valence-electron chi connectivity index (χ3n) is 4.89. The Morgan fingerprint density at radius 2 is 2.00 bits per heavy atom. The highest BCUT2D eigenvalue weighted by Gasteiger charge is 2.16. The minimum absolute atomic E-state index is 0.328. The van der Waals surface area contributed by atoms with Crippen LogP contribution >= 0.6 is 11.3 Å². The number of unbranched alkanes of at least 4 members (excludes halogenated alkanes) is 4. The highest BCUT2D eigenvalue weighted by molar-refractivity contribution is 7.16. The molecule has 2 aromatic heterocycles. The molecule has 2 N–H and O–H groups in total. The van der Waals surface area contributed by atoms with E-state index in [0.29, 0.717) is 16.3 Å². The number of para-hydroxylation sites is 1. The predicted molar refractivity (Wildman–Crippen MR) is 116 cm³/mol. The fourth-order valence-electron chi connectivity index (χ4n) is 3.35. The average Bonchev–Trinajstić information content (AvgIpc) is 3.29. The number of aliphatic imine (C=N–C) groups is 1. The standard InChI is InChI=1S/C21H23N5OS/c1-2-3-4-5-6-11-18-25-26-19(22)16(20(27)24-21(26)28-18)12-14-13-23-17-10-8-7-9-15(14)17/h7-10,12-13H,2-6,11,22H2,1H3/b14-12+. The third kappa shape index (κ3) is 3.62. The molecule has 1 aromatic carbocycles. The number of hydrogen-bond donors (Lipinski definition) is 1. The minimum Gasteiger partial charge on any atom is -0.383 e. The second kappa shape index (κ2) is 8.06. The normalized spacial score (nSPS) is 14.2. The maximum absolute atomic E-state index is 12.6. The van der Waals surface area contributed by atoms with Crippen molar-refractivity contribution >= 4 is 45.7 Å². The second-order valence-corrected chi connectivity index (χ2v) is 7.99. The lowest BCUT2D eigenvalue weighted by Crippen LogP contribution is -2.16. The van der Waals surface area contributed by atoms with Gasteiger partial charge in [0.1, 0.15) is 10.8 Å². The molecule has 3 heterocycles. The summed E-state index contributed by atoms with van der Waals surface area (Å²) in [5, 5.41) is 5.56. The van der Waals surface area contributed by atoms with Gasteiger partial charge in [-0.25, -0.2) is 0 Å². The first-order chi connectivity index (χ1) is 13.7. The van der Waals surface area contributed by atoms with E-state index in [1.807, 2.05) is 24.3 Å². The summed E-state index contributed by atoms with van der Waals surface area (Å²) in [6.45, 7) is 2.21. The van der Waals surface area contributed by atoms with Crippen LogP contribution in [-0.2, 0) is 6.42 Å². The summed E-state index contributed by atoms with van der Waals surface area (Å²) in [5.41, 5.74) is 9.06. The Hall–Kier alpha value is -2.80. The number of anilines is 1. The van der Waals surface area contributed by atoms with Gasteiger partial charge in [0, 0.05) is 23.8 Å². The summed E-state index contributed by atoms with van der Waals surface area (Å²) >= 11 is 1.44. The third-order valence-corrected chi connectivity index (χ3v) is 5.85. The van der Waals surface area contributed by atoms with Crippen molar-refractivity contribution < 1.29 is 0 Å². The number of aryl methyl sites for hydroxylation is 1. The molecule has 0 spiro atoms. The largest absolute Gasteiger partial charge is 0.383 e. The van der Waals surface area contributed by atoms with E-state index in [-0.39, 0.29) is 5.56 Å². The summed E-state index contributed by atoms with van der Waals surface area (Å²) < 4.78 is 1.60. The Kier molecular flexibility index (Phi) is 5.34. The predicted octanol–water partition coefficient (Wildman–Crippen LogP) is 4.50. The monoisotopic (exact) mass is 393 g/mol. The van der Waals surface area contributed by atoms with Crippen LogP contribution in [0.5, 0.6) is 0 Å². The van der Waals surface area contributed by atoms with Crippen molar-refractivity contribution in [3.05, 3.63) is 50.8 Å². The van der Waals surface area contributed by atoms with Crippen LogP contribution in [0.1, 0.15) is 55.2 Å². The van der Waals surface area contributed by atoms with Gasteiger partial charge >= 0.3 is 0 Å². The lowest BCUT2D eigenvalue weighted by molar-refractivity contribution is 0.629. The van der Waals surface area contributed by atoms with Gasteiger partial charge in [0.05, 0.1) is 11.3 Å². The SMILES string of the molecule is CCCCCCCc1nn2c(N)c(/C=C3\C=Nc4ccccc43)c(=O)nc2s1. The molecule has 0 saturated heterocycles. The van der Waals surface area contributed by atoms with Crippen molar-refractivity contribution in [2.75, 3.05) is 5.73 Å². The molecule has 0 atom stereocenters. The first-order valence-electron chi connectivity index (χ1n) is 9.70. The number of aromatic nitrogens is 3. The molecule has 6 nitrogen and oxygen atoms in total. The summed E-state index contributed by atoms with van der Waals surface area (Å²) in [6, 6.07) is 7.81. The maximum Gasteiger partial charge on any atom is 0.283 e. The highest BCUT2D eigenvalue weighted by Crippen LogP contribution is 2.32. The topological polar surface area (TPSA) is 85.6 Å². The van der Waals surface area contributed by atoms with Gasteiger partial charge in [-0.3, -0.25) is 9.79 Å². The summed E-state index contributed by atoms with van der Waals surface area (Å²) in [4.78, 5) is 21.7. The lowest BCUT2D eigenvalue weighted by Gasteiger charge is -2.03. The molecule has 0 amide bonds. The molecule has 0 saturated carbocycles. The van der Waals surface area contributed by atoms with E-state index in [1.54, 1.807) is 16.8 Å². The number of fused-ring (bicyclic) bond motifs is 2. The Balaban J connectivity index is 1.63. The van der Waals surface area contributed by atoms with Gasteiger partial charge in [0.15, 0.2) is 0 Å². The van der Waals surface area contributed by atoms with Crippen LogP contribution in [0, 0.1) is 0 Å². The number of nitrogens with zero attached hydrogens (tertiary/aromatic N) is 4. The van der Waals surface area contributed by atoms with Crippen LogP contribution in [0.25, 0.3) is 16.6 Å². The highest BCUT2D eigenvalue weighted by atomic mass is 32.1. The van der Waals surface area contributed by atoms with Crippen molar-refractivity contribution in [3.8, 4) is 0 Å². The molecule has 1 aliphatic rings. The zero-order valence-electron chi connectivity index (χ0n) is 15.9. The number of hydrogen-bond acceptors (Lipinski definition) is 6. The van der Waals surface area contributed by atoms with E-state index in [1.165, 1.54) is 37.0 Å². The van der Waals surface area contributed by atoms with Gasteiger partial charge in [-0.05, 0) is 18.6 Å². The van der Waals surface area contributed by atoms with E-state index in [2.05, 4.69) is 22.0 Å². The summed E-state index contributed by atoms with van der Waals surface area (Å²) in [7, 11) is 0. The molecule has 0 bridgehead atoms. The quantitative estimate of drug-likeness (QED) is 0.599. The number of allylic oxidation sites excluding steroid dienone is 1. The maximum atomic E-state index is 12.6. The Morgan fingerprint density at radius 1 is 1.18 bits per heavy atom. The molecular formula is C21H23N5OS. The van der Waals surface area contributed by atoms with E-state index < -0.39 is 0 Å². The van der Waals surface area contributed by atoms with Gasteiger partial charge in [0.25, 0.3) is 5.56 Å². The Bertz CT molecular complexity index is 1130. The van der Waals surface area contributed by atoms with E-state index >= 15 is 0 Å². The molecule has 1 aliphatic heterocycles. The van der Waals surface area contributed by atoms with Crippen LogP contribution in [0.3, 0.4) is 0 Å². The first-order valence-corrected chi connectivity index (χ1v) is 10.5. The van der Waals surface area contributed by atoms with Crippen molar-refractivity contribution in [2.45, 2.75) is 45.4 Å². The Labute approximate surface area is 167 Å². The van der Waals surface area contributed by atoms with E-state index in [0.717, 1.165) is 34.7 Å². The molecule has 0 radical (unpaired) electrons. The van der Waals surface area contributed by atoms with Gasteiger partial charge in [0.2, 0.25) is 4.96 Å². The molecule has 0 fully saturated rings. The molecule has 4 rings (SSSR count). The van der Waals surface area contributed by atoms with Crippen molar-refractivity contribution in [1.29, 1.82) is 0 Å². The average molecular weight is 394 g/mol. The molecule has 144 valence electrons. The Morgan fingerprint density at radius 3 is 2.86 bits per heavy atom. The van der Waals surface area contributed by atoms with Crippen molar-refractivity contribution in [3.63, 3.8) is 0 Å². The molecule has 7 heteroatoms. The molecule has 28 heavy (non-hydrogen) atoms.